The van der Waals surface area contributed by atoms with Crippen molar-refractivity contribution >= 4 is 23.0 Å². The Balaban J connectivity index is 1.67. The van der Waals surface area contributed by atoms with Crippen LogP contribution in [0.25, 0.3) is 0 Å². The number of aryl methyl sites for hydroxylation is 1. The van der Waals surface area contributed by atoms with Crippen LogP contribution in [0.3, 0.4) is 0 Å². The monoisotopic (exact) mass is 461 g/mol. The van der Waals surface area contributed by atoms with Crippen LogP contribution in [0.1, 0.15) is 46.3 Å². The lowest BCUT2D eigenvalue weighted by molar-refractivity contribution is -0.130. The Bertz CT molecular complexity index is 1180. The number of ketones is 1. The van der Waals surface area contributed by atoms with Gasteiger partial charge in [-0.05, 0) is 47.5 Å². The fraction of sp³-hybridized carbons (Fsp3) is 0.259. The van der Waals surface area contributed by atoms with Crippen LogP contribution in [0.2, 0.25) is 0 Å². The molecule has 3 aromatic rings. The maximum Gasteiger partial charge on any atom is 0.290 e. The second kappa shape index (κ2) is 9.63. The second-order valence-corrected chi connectivity index (χ2v) is 9.61. The summed E-state index contributed by atoms with van der Waals surface area (Å²) in [5, 5.41) is 12.6. The molecule has 1 aliphatic rings. The van der Waals surface area contributed by atoms with E-state index in [1.807, 2.05) is 60.8 Å². The molecule has 2 aromatic carbocycles. The Morgan fingerprint density at radius 1 is 1.12 bits per heavy atom. The van der Waals surface area contributed by atoms with Gasteiger partial charge in [0.05, 0.1) is 23.1 Å². The second-order valence-electron chi connectivity index (χ2n) is 8.67. The quantitative estimate of drug-likeness (QED) is 0.426. The normalized spacial score (nSPS) is 16.1. The highest BCUT2D eigenvalue weighted by Crippen LogP contribution is 2.40. The van der Waals surface area contributed by atoms with Crippen LogP contribution in [0.5, 0.6) is 5.75 Å². The van der Waals surface area contributed by atoms with Gasteiger partial charge in [-0.25, -0.2) is 0 Å². The number of aliphatic hydroxyl groups excluding tert-OH is 1. The minimum Gasteiger partial charge on any atom is -0.503 e. The summed E-state index contributed by atoms with van der Waals surface area (Å²) >= 11 is 1.30. The molecule has 33 heavy (non-hydrogen) atoms. The molecule has 5 nitrogen and oxygen atoms in total. The molecule has 1 aliphatic heterocycles. The van der Waals surface area contributed by atoms with Gasteiger partial charge in [-0.1, -0.05) is 61.9 Å². The zero-order valence-corrected chi connectivity index (χ0v) is 19.8. The Hall–Kier alpha value is -3.38. The lowest BCUT2D eigenvalue weighted by atomic mass is 9.94. The minimum atomic E-state index is -0.663. The molecule has 0 fully saturated rings. The van der Waals surface area contributed by atoms with E-state index in [1.165, 1.54) is 11.3 Å². The standard InChI is InChI=1S/C27H27NO4S/c1-17(2)16-32-21-11-9-19(10-12-21)15-28-24(20-7-4-6-18(3)14-20)23(26(30)27(28)31)25(29)22-8-5-13-33-22/h4-14,17,24,30H,15-16H2,1-3H3. The van der Waals surface area contributed by atoms with E-state index in [1.54, 1.807) is 17.0 Å². The van der Waals surface area contributed by atoms with Gasteiger partial charge in [0.15, 0.2) is 5.76 Å². The van der Waals surface area contributed by atoms with E-state index >= 15 is 0 Å². The summed E-state index contributed by atoms with van der Waals surface area (Å²) in [6.45, 7) is 7.03. The molecule has 170 valence electrons. The molecule has 6 heteroatoms. The van der Waals surface area contributed by atoms with E-state index < -0.39 is 17.7 Å². The molecular weight excluding hydrogens is 434 g/mol. The van der Waals surface area contributed by atoms with Crippen LogP contribution in [0.4, 0.5) is 0 Å². The third-order valence-corrected chi connectivity index (χ3v) is 6.38. The van der Waals surface area contributed by atoms with E-state index in [9.17, 15) is 14.7 Å². The molecule has 0 saturated heterocycles. The predicted octanol–water partition coefficient (Wildman–Crippen LogP) is 5.87. The van der Waals surface area contributed by atoms with E-state index in [4.69, 9.17) is 4.74 Å². The van der Waals surface area contributed by atoms with Gasteiger partial charge in [-0.3, -0.25) is 9.59 Å². The number of hydrogen-bond acceptors (Lipinski definition) is 5. The third-order valence-electron chi connectivity index (χ3n) is 5.51. The van der Waals surface area contributed by atoms with Crippen molar-refractivity contribution in [3.8, 4) is 5.75 Å². The highest BCUT2D eigenvalue weighted by atomic mass is 32.1. The average Bonchev–Trinajstić information content (AvgIpc) is 3.41. The molecule has 0 bridgehead atoms. The number of rotatable bonds is 8. The molecular formula is C27H27NO4S. The summed E-state index contributed by atoms with van der Waals surface area (Å²) in [5.41, 5.74) is 2.82. The maximum atomic E-state index is 13.3. The van der Waals surface area contributed by atoms with Crippen LogP contribution in [-0.4, -0.2) is 28.3 Å². The Morgan fingerprint density at radius 3 is 2.52 bits per heavy atom. The number of carbonyl (C=O) groups is 2. The van der Waals surface area contributed by atoms with Gasteiger partial charge in [0, 0.05) is 6.54 Å². The van der Waals surface area contributed by atoms with Gasteiger partial charge in [-0.2, -0.15) is 0 Å². The van der Waals surface area contributed by atoms with Gasteiger partial charge >= 0.3 is 0 Å². The SMILES string of the molecule is Cc1cccc(C2C(C(=O)c3cccs3)=C(O)C(=O)N2Cc2ccc(OCC(C)C)cc2)c1. The molecule has 1 atom stereocenters. The molecule has 0 spiro atoms. The molecule has 2 heterocycles. The summed E-state index contributed by atoms with van der Waals surface area (Å²) in [4.78, 5) is 28.5. The first kappa shape index (κ1) is 22.8. The van der Waals surface area contributed by atoms with Crippen molar-refractivity contribution in [2.45, 2.75) is 33.4 Å². The Kier molecular flexibility index (Phi) is 6.65. The highest BCUT2D eigenvalue weighted by molar-refractivity contribution is 7.12. The molecule has 1 aromatic heterocycles. The largest absolute Gasteiger partial charge is 0.503 e. The number of thiophene rings is 1. The number of nitrogens with zero attached hydrogens (tertiary/aromatic N) is 1. The van der Waals surface area contributed by atoms with E-state index in [-0.39, 0.29) is 17.9 Å². The molecule has 4 rings (SSSR count). The number of Topliss-reactive ketones (excluding diaryl/α,β-unsaturated/α-hetero) is 1. The van der Waals surface area contributed by atoms with Crippen LogP contribution < -0.4 is 4.74 Å². The predicted molar refractivity (Wildman–Crippen MR) is 130 cm³/mol. The summed E-state index contributed by atoms with van der Waals surface area (Å²) in [6.07, 6.45) is 0. The first-order valence-corrected chi connectivity index (χ1v) is 11.8. The average molecular weight is 462 g/mol. The fourth-order valence-corrected chi connectivity index (χ4v) is 4.60. The van der Waals surface area contributed by atoms with Crippen molar-refractivity contribution in [3.63, 3.8) is 0 Å². The van der Waals surface area contributed by atoms with Crippen molar-refractivity contribution in [2.75, 3.05) is 6.61 Å². The minimum absolute atomic E-state index is 0.130. The topological polar surface area (TPSA) is 66.8 Å². The zero-order chi connectivity index (χ0) is 23.5. The lowest BCUT2D eigenvalue weighted by Gasteiger charge is -2.27. The molecule has 0 saturated carbocycles. The van der Waals surface area contributed by atoms with Crippen LogP contribution >= 0.6 is 11.3 Å². The summed E-state index contributed by atoms with van der Waals surface area (Å²) in [5.74, 6) is -0.138. The number of ether oxygens (including phenoxy) is 1. The first-order valence-electron chi connectivity index (χ1n) is 11.0. The summed E-state index contributed by atoms with van der Waals surface area (Å²) in [7, 11) is 0. The Labute approximate surface area is 197 Å². The number of benzene rings is 2. The van der Waals surface area contributed by atoms with Crippen molar-refractivity contribution in [3.05, 3.63) is 98.9 Å². The van der Waals surface area contributed by atoms with E-state index in [0.717, 1.165) is 22.4 Å². The molecule has 1 unspecified atom stereocenters. The van der Waals surface area contributed by atoms with Crippen molar-refractivity contribution in [2.24, 2.45) is 5.92 Å². The maximum absolute atomic E-state index is 13.3. The number of hydrogen-bond donors (Lipinski definition) is 1. The molecule has 1 N–H and O–H groups in total. The van der Waals surface area contributed by atoms with Crippen LogP contribution in [-0.2, 0) is 11.3 Å². The summed E-state index contributed by atoms with van der Waals surface area (Å²) in [6, 6.07) is 18.1. The van der Waals surface area contributed by atoms with E-state index in [0.29, 0.717) is 17.4 Å². The van der Waals surface area contributed by atoms with E-state index in [2.05, 4.69) is 13.8 Å². The van der Waals surface area contributed by atoms with Gasteiger partial charge in [0.2, 0.25) is 5.78 Å². The van der Waals surface area contributed by atoms with Gasteiger partial charge in [0.25, 0.3) is 5.91 Å². The molecule has 1 amide bonds. The van der Waals surface area contributed by atoms with Crippen LogP contribution in [0, 0.1) is 12.8 Å². The molecule has 0 aliphatic carbocycles. The number of carbonyl (C=O) groups excluding carboxylic acids is 2. The molecule has 0 radical (unpaired) electrons. The smallest absolute Gasteiger partial charge is 0.290 e. The van der Waals surface area contributed by atoms with Gasteiger partial charge < -0.3 is 14.7 Å². The van der Waals surface area contributed by atoms with Crippen molar-refractivity contribution in [1.82, 2.24) is 4.90 Å². The highest BCUT2D eigenvalue weighted by Gasteiger charge is 2.44. The summed E-state index contributed by atoms with van der Waals surface area (Å²) < 4.78 is 5.75. The van der Waals surface area contributed by atoms with Gasteiger partial charge in [-0.15, -0.1) is 11.3 Å². The lowest BCUT2D eigenvalue weighted by Crippen LogP contribution is -2.30. The zero-order valence-electron chi connectivity index (χ0n) is 18.9. The van der Waals surface area contributed by atoms with Crippen LogP contribution in [0.15, 0.2) is 77.4 Å². The Morgan fingerprint density at radius 2 is 1.88 bits per heavy atom. The first-order chi connectivity index (χ1) is 15.8. The third kappa shape index (κ3) is 4.86. The number of amides is 1. The fourth-order valence-electron chi connectivity index (χ4n) is 3.93. The van der Waals surface area contributed by atoms with Crippen molar-refractivity contribution < 1.29 is 19.4 Å². The number of aliphatic hydroxyl groups is 1. The van der Waals surface area contributed by atoms with Gasteiger partial charge in [0.1, 0.15) is 5.75 Å². The van der Waals surface area contributed by atoms with Crippen molar-refractivity contribution in [1.29, 1.82) is 0 Å².